The highest BCUT2D eigenvalue weighted by atomic mass is 16.3. The zero-order chi connectivity index (χ0) is 31.1. The lowest BCUT2D eigenvalue weighted by atomic mass is 9.86. The van der Waals surface area contributed by atoms with Gasteiger partial charge in [0.25, 0.3) is 0 Å². The number of benzene rings is 9. The third-order valence-electron chi connectivity index (χ3n) is 9.85. The molecule has 2 heteroatoms. The van der Waals surface area contributed by atoms with Crippen LogP contribution in [-0.2, 0) is 0 Å². The Hall–Kier alpha value is -6.43. The molecule has 10 rings (SSSR count). The van der Waals surface area contributed by atoms with Crippen LogP contribution in [0.4, 0.5) is 0 Å². The molecule has 216 valence electrons. The van der Waals surface area contributed by atoms with Crippen LogP contribution in [0.1, 0.15) is 5.56 Å². The number of hydrogen-bond acceptors (Lipinski definition) is 2. The Bertz CT molecular complexity index is 2920. The van der Waals surface area contributed by atoms with Crippen molar-refractivity contribution in [1.82, 2.24) is 0 Å². The second-order valence-electron chi connectivity index (χ2n) is 12.4. The summed E-state index contributed by atoms with van der Waals surface area (Å²) in [6.45, 7) is 0. The molecule has 2 nitrogen and oxygen atoms in total. The van der Waals surface area contributed by atoms with Gasteiger partial charge in [0.15, 0.2) is 5.58 Å². The molecule has 0 N–H and O–H groups in total. The first-order valence-electron chi connectivity index (χ1n) is 15.9. The first-order chi connectivity index (χ1) is 23.2. The SMILES string of the molecule is N#Cc1cccc2c1oc1c(-c3cccc(-c4ccc5ccc6c(-c7ccc8ccccc8c7)ccc7ccc4c5c76)c3)cccc12. The summed E-state index contributed by atoms with van der Waals surface area (Å²) in [6, 6.07) is 56.5. The van der Waals surface area contributed by atoms with Crippen LogP contribution >= 0.6 is 0 Å². The van der Waals surface area contributed by atoms with Crippen molar-refractivity contribution in [3.05, 3.63) is 157 Å². The fraction of sp³-hybridized carbons (Fsp3) is 0. The summed E-state index contributed by atoms with van der Waals surface area (Å²) in [6.07, 6.45) is 0. The summed E-state index contributed by atoms with van der Waals surface area (Å²) in [4.78, 5) is 0. The van der Waals surface area contributed by atoms with E-state index in [1.54, 1.807) is 0 Å². The Morgan fingerprint density at radius 3 is 1.68 bits per heavy atom. The number of para-hydroxylation sites is 2. The summed E-state index contributed by atoms with van der Waals surface area (Å²) in [5, 5.41) is 21.8. The first kappa shape index (κ1) is 25.9. The number of furan rings is 1. The Kier molecular flexibility index (Phi) is 5.38. The Balaban J connectivity index is 1.17. The molecule has 0 unspecified atom stereocenters. The summed E-state index contributed by atoms with van der Waals surface area (Å²) < 4.78 is 6.40. The van der Waals surface area contributed by atoms with E-state index < -0.39 is 0 Å². The summed E-state index contributed by atoms with van der Waals surface area (Å²) >= 11 is 0. The topological polar surface area (TPSA) is 36.9 Å². The molecule has 0 aliphatic rings. The summed E-state index contributed by atoms with van der Waals surface area (Å²) in [5.41, 5.74) is 8.93. The number of hydrogen-bond donors (Lipinski definition) is 0. The van der Waals surface area contributed by atoms with Crippen molar-refractivity contribution >= 4 is 65.0 Å². The predicted octanol–water partition coefficient (Wildman–Crippen LogP) is 12.5. The zero-order valence-corrected chi connectivity index (χ0v) is 25.3. The minimum atomic E-state index is 0.552. The number of nitrogens with zero attached hydrogens (tertiary/aromatic N) is 1. The van der Waals surface area contributed by atoms with E-state index in [0.29, 0.717) is 11.1 Å². The molecular formula is C45H25NO. The molecule has 0 aliphatic carbocycles. The smallest absolute Gasteiger partial charge is 0.153 e. The van der Waals surface area contributed by atoms with E-state index in [1.807, 2.05) is 18.2 Å². The first-order valence-corrected chi connectivity index (χ1v) is 15.9. The van der Waals surface area contributed by atoms with Crippen molar-refractivity contribution in [3.8, 4) is 39.4 Å². The molecule has 0 aliphatic heterocycles. The quantitative estimate of drug-likeness (QED) is 0.191. The molecule has 0 saturated heterocycles. The fourth-order valence-corrected chi connectivity index (χ4v) is 7.65. The van der Waals surface area contributed by atoms with Gasteiger partial charge in [0.05, 0.1) is 5.56 Å². The molecule has 0 spiro atoms. The van der Waals surface area contributed by atoms with Gasteiger partial charge in [0.1, 0.15) is 11.7 Å². The van der Waals surface area contributed by atoms with Gasteiger partial charge in [-0.1, -0.05) is 133 Å². The van der Waals surface area contributed by atoms with Crippen molar-refractivity contribution < 1.29 is 4.42 Å². The Morgan fingerprint density at radius 2 is 0.957 bits per heavy atom. The number of nitriles is 1. The Morgan fingerprint density at radius 1 is 0.383 bits per heavy atom. The van der Waals surface area contributed by atoms with Crippen molar-refractivity contribution in [3.63, 3.8) is 0 Å². The number of fused-ring (bicyclic) bond motifs is 4. The van der Waals surface area contributed by atoms with E-state index in [2.05, 4.69) is 140 Å². The predicted molar refractivity (Wildman–Crippen MR) is 196 cm³/mol. The zero-order valence-electron chi connectivity index (χ0n) is 25.3. The standard InChI is InChI=1S/C45H25NO/c46-26-34-10-4-12-40-41-13-5-11-37(45(41)47-44(34)40)32-9-3-8-31(25-32)35-20-16-28-19-23-39-36(21-17-29-18-22-38(35)42(28)43(29)39)33-15-14-27-6-1-2-7-30(27)24-33/h1-25H. The van der Waals surface area contributed by atoms with Gasteiger partial charge >= 0.3 is 0 Å². The molecule has 0 saturated carbocycles. The molecule has 10 aromatic rings. The van der Waals surface area contributed by atoms with Crippen LogP contribution in [0.2, 0.25) is 0 Å². The van der Waals surface area contributed by atoms with E-state index in [9.17, 15) is 5.26 Å². The van der Waals surface area contributed by atoms with Crippen LogP contribution in [0.15, 0.2) is 156 Å². The van der Waals surface area contributed by atoms with Crippen molar-refractivity contribution in [1.29, 1.82) is 5.26 Å². The van der Waals surface area contributed by atoms with Gasteiger partial charge in [-0.3, -0.25) is 0 Å². The minimum absolute atomic E-state index is 0.552. The fourth-order valence-electron chi connectivity index (χ4n) is 7.65. The lowest BCUT2D eigenvalue weighted by Crippen LogP contribution is -1.90. The average Bonchev–Trinajstić information content (AvgIpc) is 3.53. The average molecular weight is 596 g/mol. The van der Waals surface area contributed by atoms with Gasteiger partial charge in [-0.15, -0.1) is 0 Å². The van der Waals surface area contributed by atoms with E-state index in [-0.39, 0.29) is 0 Å². The highest BCUT2D eigenvalue weighted by Crippen LogP contribution is 2.44. The lowest BCUT2D eigenvalue weighted by Gasteiger charge is -2.17. The van der Waals surface area contributed by atoms with Crippen LogP contribution < -0.4 is 0 Å². The van der Waals surface area contributed by atoms with Gasteiger partial charge in [-0.25, -0.2) is 0 Å². The van der Waals surface area contributed by atoms with Crippen LogP contribution in [0.25, 0.3) is 98.4 Å². The molecule has 47 heavy (non-hydrogen) atoms. The Labute approximate surface area is 270 Å². The van der Waals surface area contributed by atoms with Gasteiger partial charge < -0.3 is 4.42 Å². The van der Waals surface area contributed by atoms with Gasteiger partial charge in [-0.05, 0) is 89.1 Å². The minimum Gasteiger partial charge on any atom is -0.454 e. The largest absolute Gasteiger partial charge is 0.454 e. The number of rotatable bonds is 3. The van der Waals surface area contributed by atoms with Gasteiger partial charge in [0.2, 0.25) is 0 Å². The molecule has 0 amide bonds. The van der Waals surface area contributed by atoms with Crippen LogP contribution in [-0.4, -0.2) is 0 Å². The third kappa shape index (κ3) is 3.78. The van der Waals surface area contributed by atoms with Crippen molar-refractivity contribution in [2.75, 3.05) is 0 Å². The highest BCUT2D eigenvalue weighted by molar-refractivity contribution is 6.27. The highest BCUT2D eigenvalue weighted by Gasteiger charge is 2.17. The molecule has 0 fully saturated rings. The van der Waals surface area contributed by atoms with E-state index in [1.165, 1.54) is 59.8 Å². The summed E-state index contributed by atoms with van der Waals surface area (Å²) in [7, 11) is 0. The summed E-state index contributed by atoms with van der Waals surface area (Å²) in [5.74, 6) is 0. The van der Waals surface area contributed by atoms with Gasteiger partial charge in [-0.2, -0.15) is 5.26 Å². The van der Waals surface area contributed by atoms with Crippen LogP contribution in [0.5, 0.6) is 0 Å². The second-order valence-corrected chi connectivity index (χ2v) is 12.4. The van der Waals surface area contributed by atoms with Crippen LogP contribution in [0.3, 0.4) is 0 Å². The van der Waals surface area contributed by atoms with Crippen LogP contribution in [0, 0.1) is 11.3 Å². The molecule has 0 bridgehead atoms. The lowest BCUT2D eigenvalue weighted by molar-refractivity contribution is 0.668. The molecule has 0 radical (unpaired) electrons. The monoisotopic (exact) mass is 595 g/mol. The molecule has 0 atom stereocenters. The van der Waals surface area contributed by atoms with E-state index >= 15 is 0 Å². The van der Waals surface area contributed by atoms with Crippen molar-refractivity contribution in [2.45, 2.75) is 0 Å². The normalized spacial score (nSPS) is 11.8. The second kappa shape index (κ2) is 9.78. The van der Waals surface area contributed by atoms with Crippen molar-refractivity contribution in [2.24, 2.45) is 0 Å². The molecule has 1 aromatic heterocycles. The maximum atomic E-state index is 9.70. The third-order valence-corrected chi connectivity index (χ3v) is 9.85. The maximum absolute atomic E-state index is 9.70. The van der Waals surface area contributed by atoms with E-state index in [4.69, 9.17) is 4.42 Å². The molecular weight excluding hydrogens is 571 g/mol. The molecule has 9 aromatic carbocycles. The van der Waals surface area contributed by atoms with Gasteiger partial charge in [0, 0.05) is 16.3 Å². The maximum Gasteiger partial charge on any atom is 0.153 e. The van der Waals surface area contributed by atoms with E-state index in [0.717, 1.165) is 33.0 Å². The molecule has 1 heterocycles.